The van der Waals surface area contributed by atoms with E-state index in [-0.39, 0.29) is 12.4 Å². The topological polar surface area (TPSA) is 32.7 Å². The molecule has 0 aliphatic carbocycles. The molecule has 0 aromatic heterocycles. The molecule has 1 N–H and O–H groups in total. The molecular formula is C16H28ClNO2. The second-order valence-electron chi connectivity index (χ2n) is 5.42. The van der Waals surface area contributed by atoms with E-state index in [1.165, 1.54) is 0 Å². The van der Waals surface area contributed by atoms with Crippen LogP contribution in [0.5, 0.6) is 5.75 Å². The highest BCUT2D eigenvalue weighted by molar-refractivity contribution is 5.85. The van der Waals surface area contributed by atoms with Crippen molar-refractivity contribution in [1.29, 1.82) is 0 Å². The van der Waals surface area contributed by atoms with Gasteiger partial charge in [0.15, 0.2) is 0 Å². The standard InChI is InChI=1S/C16H27NO2.ClH/c1-5-6-10-16(18,11-12-17(2)3)14-8-7-9-15(13-14)19-4;/h7-9,13,18H,5-6,10-12H2,1-4H3;1H/t16-;/m0./s1. The summed E-state index contributed by atoms with van der Waals surface area (Å²) in [6, 6.07) is 7.80. The van der Waals surface area contributed by atoms with E-state index in [4.69, 9.17) is 4.74 Å². The van der Waals surface area contributed by atoms with Crippen molar-refractivity contribution in [2.75, 3.05) is 27.7 Å². The van der Waals surface area contributed by atoms with Crippen LogP contribution in [-0.4, -0.2) is 37.8 Å². The highest BCUT2D eigenvalue weighted by Gasteiger charge is 2.28. The van der Waals surface area contributed by atoms with Gasteiger partial charge in [0.1, 0.15) is 5.75 Å². The summed E-state index contributed by atoms with van der Waals surface area (Å²) in [5.74, 6) is 0.803. The molecule has 116 valence electrons. The summed E-state index contributed by atoms with van der Waals surface area (Å²) in [5, 5.41) is 11.0. The molecule has 0 saturated heterocycles. The van der Waals surface area contributed by atoms with Crippen LogP contribution in [0.4, 0.5) is 0 Å². The van der Waals surface area contributed by atoms with Gasteiger partial charge in [0.25, 0.3) is 0 Å². The molecule has 4 heteroatoms. The molecule has 0 spiro atoms. The molecule has 0 amide bonds. The van der Waals surface area contributed by atoms with E-state index in [1.807, 2.05) is 38.4 Å². The number of halogens is 1. The molecule has 0 fully saturated rings. The Morgan fingerprint density at radius 2 is 1.95 bits per heavy atom. The molecule has 0 unspecified atom stereocenters. The number of hydrogen-bond acceptors (Lipinski definition) is 3. The molecular weight excluding hydrogens is 274 g/mol. The number of aliphatic hydroxyl groups is 1. The quantitative estimate of drug-likeness (QED) is 0.798. The number of benzene rings is 1. The fraction of sp³-hybridized carbons (Fsp3) is 0.625. The molecule has 0 saturated carbocycles. The summed E-state index contributed by atoms with van der Waals surface area (Å²) >= 11 is 0. The van der Waals surface area contributed by atoms with Gasteiger partial charge in [-0.3, -0.25) is 0 Å². The summed E-state index contributed by atoms with van der Waals surface area (Å²) < 4.78 is 5.26. The van der Waals surface area contributed by atoms with Crippen LogP contribution in [0.15, 0.2) is 24.3 Å². The Kier molecular flexibility index (Phi) is 8.86. The zero-order valence-electron chi connectivity index (χ0n) is 13.1. The van der Waals surface area contributed by atoms with E-state index in [9.17, 15) is 5.11 Å². The number of unbranched alkanes of at least 4 members (excludes halogenated alkanes) is 1. The first-order valence-corrected chi connectivity index (χ1v) is 7.03. The van der Waals surface area contributed by atoms with Crippen LogP contribution in [0.1, 0.15) is 38.2 Å². The highest BCUT2D eigenvalue weighted by atomic mass is 35.5. The zero-order valence-corrected chi connectivity index (χ0v) is 13.9. The van der Waals surface area contributed by atoms with Gasteiger partial charge in [-0.2, -0.15) is 0 Å². The van der Waals surface area contributed by atoms with Gasteiger partial charge in [0.2, 0.25) is 0 Å². The Balaban J connectivity index is 0.00000361. The summed E-state index contributed by atoms with van der Waals surface area (Å²) in [5.41, 5.74) is 0.205. The maximum atomic E-state index is 11.0. The normalized spacial score (nSPS) is 13.7. The molecule has 0 aliphatic rings. The lowest BCUT2D eigenvalue weighted by atomic mass is 9.85. The predicted octanol–water partition coefficient (Wildman–Crippen LogP) is 3.45. The van der Waals surface area contributed by atoms with E-state index in [1.54, 1.807) is 7.11 Å². The average Bonchev–Trinajstić information content (AvgIpc) is 2.43. The second kappa shape index (κ2) is 9.22. The lowest BCUT2D eigenvalue weighted by Gasteiger charge is -2.30. The van der Waals surface area contributed by atoms with Crippen molar-refractivity contribution < 1.29 is 9.84 Å². The number of hydrogen-bond donors (Lipinski definition) is 1. The van der Waals surface area contributed by atoms with Crippen molar-refractivity contribution in [2.45, 2.75) is 38.2 Å². The number of nitrogens with zero attached hydrogens (tertiary/aromatic N) is 1. The molecule has 0 heterocycles. The smallest absolute Gasteiger partial charge is 0.119 e. The maximum absolute atomic E-state index is 11.0. The van der Waals surface area contributed by atoms with E-state index >= 15 is 0 Å². The Morgan fingerprint density at radius 3 is 2.50 bits per heavy atom. The molecule has 1 aromatic rings. The lowest BCUT2D eigenvalue weighted by Crippen LogP contribution is -2.30. The molecule has 0 radical (unpaired) electrons. The monoisotopic (exact) mass is 301 g/mol. The number of rotatable bonds is 8. The second-order valence-corrected chi connectivity index (χ2v) is 5.42. The minimum Gasteiger partial charge on any atom is -0.497 e. The van der Waals surface area contributed by atoms with E-state index in [0.717, 1.165) is 43.5 Å². The van der Waals surface area contributed by atoms with Crippen LogP contribution >= 0.6 is 12.4 Å². The number of ether oxygens (including phenoxy) is 1. The summed E-state index contributed by atoms with van der Waals surface area (Å²) in [4.78, 5) is 2.11. The average molecular weight is 302 g/mol. The third kappa shape index (κ3) is 5.70. The highest BCUT2D eigenvalue weighted by Crippen LogP contribution is 2.32. The SMILES string of the molecule is CCCC[C@](O)(CCN(C)C)c1cccc(OC)c1.Cl. The van der Waals surface area contributed by atoms with Crippen molar-refractivity contribution in [3.8, 4) is 5.75 Å². The van der Waals surface area contributed by atoms with Gasteiger partial charge in [-0.05, 0) is 44.6 Å². The van der Waals surface area contributed by atoms with Crippen LogP contribution in [0, 0.1) is 0 Å². The summed E-state index contributed by atoms with van der Waals surface area (Å²) in [6.45, 7) is 3.02. The van der Waals surface area contributed by atoms with Crippen LogP contribution < -0.4 is 4.74 Å². The van der Waals surface area contributed by atoms with Gasteiger partial charge < -0.3 is 14.7 Å². The zero-order chi connectivity index (χ0) is 14.3. The fourth-order valence-corrected chi connectivity index (χ4v) is 2.20. The van der Waals surface area contributed by atoms with Crippen LogP contribution in [0.25, 0.3) is 0 Å². The lowest BCUT2D eigenvalue weighted by molar-refractivity contribution is 0.0101. The first kappa shape index (κ1) is 19.2. The molecule has 20 heavy (non-hydrogen) atoms. The minimum absolute atomic E-state index is 0. The molecule has 0 aliphatic heterocycles. The van der Waals surface area contributed by atoms with Crippen molar-refractivity contribution in [3.05, 3.63) is 29.8 Å². The van der Waals surface area contributed by atoms with Gasteiger partial charge in [0.05, 0.1) is 12.7 Å². The minimum atomic E-state index is -0.755. The van der Waals surface area contributed by atoms with Crippen LogP contribution in [-0.2, 0) is 5.60 Å². The van der Waals surface area contributed by atoms with Gasteiger partial charge in [0, 0.05) is 6.54 Å². The van der Waals surface area contributed by atoms with Crippen molar-refractivity contribution >= 4 is 12.4 Å². The molecule has 1 atom stereocenters. The third-order valence-corrected chi connectivity index (χ3v) is 3.52. The van der Waals surface area contributed by atoms with Crippen LogP contribution in [0.2, 0.25) is 0 Å². The predicted molar refractivity (Wildman–Crippen MR) is 86.8 cm³/mol. The van der Waals surface area contributed by atoms with Gasteiger partial charge in [-0.1, -0.05) is 31.9 Å². The fourth-order valence-electron chi connectivity index (χ4n) is 2.20. The van der Waals surface area contributed by atoms with Gasteiger partial charge in [-0.15, -0.1) is 12.4 Å². The number of methoxy groups -OCH3 is 1. The Bertz CT molecular complexity index is 384. The van der Waals surface area contributed by atoms with E-state index in [0.29, 0.717) is 0 Å². The van der Waals surface area contributed by atoms with Crippen molar-refractivity contribution in [2.24, 2.45) is 0 Å². The van der Waals surface area contributed by atoms with Crippen LogP contribution in [0.3, 0.4) is 0 Å². The van der Waals surface area contributed by atoms with Crippen molar-refractivity contribution in [1.82, 2.24) is 4.90 Å². The Morgan fingerprint density at radius 1 is 1.25 bits per heavy atom. The molecule has 0 bridgehead atoms. The summed E-state index contributed by atoms with van der Waals surface area (Å²) in [7, 11) is 5.72. The molecule has 1 aromatic carbocycles. The summed E-state index contributed by atoms with van der Waals surface area (Å²) in [6.07, 6.45) is 3.66. The Hall–Kier alpha value is -0.770. The first-order valence-electron chi connectivity index (χ1n) is 7.03. The van der Waals surface area contributed by atoms with E-state index < -0.39 is 5.60 Å². The third-order valence-electron chi connectivity index (χ3n) is 3.52. The van der Waals surface area contributed by atoms with Crippen molar-refractivity contribution in [3.63, 3.8) is 0 Å². The molecule has 1 rings (SSSR count). The largest absolute Gasteiger partial charge is 0.497 e. The first-order chi connectivity index (χ1) is 9.01. The van der Waals surface area contributed by atoms with E-state index in [2.05, 4.69) is 11.8 Å². The maximum Gasteiger partial charge on any atom is 0.119 e. The molecule has 3 nitrogen and oxygen atoms in total. The Labute approximate surface area is 129 Å². The van der Waals surface area contributed by atoms with Gasteiger partial charge in [-0.25, -0.2) is 0 Å². The van der Waals surface area contributed by atoms with Gasteiger partial charge >= 0.3 is 0 Å².